The van der Waals surface area contributed by atoms with E-state index in [4.69, 9.17) is 4.42 Å². The van der Waals surface area contributed by atoms with E-state index in [9.17, 15) is 19.5 Å². The number of hydrogen-bond donors (Lipinski definition) is 2. The summed E-state index contributed by atoms with van der Waals surface area (Å²) < 4.78 is 6.46. The zero-order valence-electron chi connectivity index (χ0n) is 12.4. The number of carboxylic acids is 1. The number of anilines is 1. The predicted octanol–water partition coefficient (Wildman–Crippen LogP) is 4.27. The molecule has 1 aromatic heterocycles. The number of rotatable bonds is 3. The Kier molecular flexibility index (Phi) is 4.73. The van der Waals surface area contributed by atoms with Crippen LogP contribution in [0.2, 0.25) is 0 Å². The fraction of sp³-hybridized carbons (Fsp3) is 0. The largest absolute Gasteiger partial charge is 0.478 e. The molecule has 126 valence electrons. The standard InChI is InChI=1S/C17H9Br2NO5/c18-9-2-4-14-8(5-9)6-12(17(24)25-14)15(21)20-13-3-1-10(19)7-11(13)16(22)23/h1-7H,(H,20,21)(H,22,23). The van der Waals surface area contributed by atoms with E-state index < -0.39 is 17.5 Å². The highest BCUT2D eigenvalue weighted by Gasteiger charge is 2.18. The summed E-state index contributed by atoms with van der Waals surface area (Å²) >= 11 is 6.48. The molecule has 2 aromatic carbocycles. The van der Waals surface area contributed by atoms with Gasteiger partial charge in [0.25, 0.3) is 5.91 Å². The number of carboxylic acid groups (broad SMARTS) is 1. The monoisotopic (exact) mass is 465 g/mol. The van der Waals surface area contributed by atoms with Crippen molar-refractivity contribution in [3.05, 3.63) is 73.0 Å². The summed E-state index contributed by atoms with van der Waals surface area (Å²) in [5, 5.41) is 12.2. The number of halogens is 2. The molecule has 0 saturated carbocycles. The van der Waals surface area contributed by atoms with Crippen LogP contribution in [-0.2, 0) is 0 Å². The third-order valence-corrected chi connectivity index (χ3v) is 4.39. The van der Waals surface area contributed by atoms with Crippen molar-refractivity contribution in [3.63, 3.8) is 0 Å². The van der Waals surface area contributed by atoms with Gasteiger partial charge in [-0.3, -0.25) is 4.79 Å². The first kappa shape index (κ1) is 17.4. The molecule has 0 spiro atoms. The third kappa shape index (κ3) is 3.64. The minimum atomic E-state index is -1.20. The van der Waals surface area contributed by atoms with Crippen molar-refractivity contribution in [3.8, 4) is 0 Å². The molecular formula is C17H9Br2NO5. The minimum Gasteiger partial charge on any atom is -0.478 e. The number of carbonyl (C=O) groups excluding carboxylic acids is 1. The molecule has 1 heterocycles. The van der Waals surface area contributed by atoms with Gasteiger partial charge in [-0.2, -0.15) is 0 Å². The molecule has 0 unspecified atom stereocenters. The quantitative estimate of drug-likeness (QED) is 0.562. The van der Waals surface area contributed by atoms with E-state index in [0.717, 1.165) is 4.47 Å². The Morgan fingerprint density at radius 3 is 2.36 bits per heavy atom. The molecule has 1 amide bonds. The van der Waals surface area contributed by atoms with Crippen molar-refractivity contribution in [1.29, 1.82) is 0 Å². The average molecular weight is 467 g/mol. The Morgan fingerprint density at radius 1 is 0.960 bits per heavy atom. The number of hydrogen-bond acceptors (Lipinski definition) is 4. The second kappa shape index (κ2) is 6.81. The summed E-state index contributed by atoms with van der Waals surface area (Å²) in [6.07, 6.45) is 0. The van der Waals surface area contributed by atoms with Crippen LogP contribution < -0.4 is 10.9 Å². The molecule has 6 nitrogen and oxygen atoms in total. The molecule has 0 saturated heterocycles. The van der Waals surface area contributed by atoms with Crippen LogP contribution in [0.5, 0.6) is 0 Å². The maximum absolute atomic E-state index is 12.4. The van der Waals surface area contributed by atoms with Gasteiger partial charge in [-0.15, -0.1) is 0 Å². The average Bonchev–Trinajstić information content (AvgIpc) is 2.56. The van der Waals surface area contributed by atoms with E-state index in [1.807, 2.05) is 0 Å². The number of amides is 1. The first-order valence-corrected chi connectivity index (χ1v) is 8.51. The van der Waals surface area contributed by atoms with E-state index in [-0.39, 0.29) is 16.8 Å². The molecule has 0 atom stereocenters. The van der Waals surface area contributed by atoms with Gasteiger partial charge in [-0.05, 0) is 42.5 Å². The van der Waals surface area contributed by atoms with Crippen molar-refractivity contribution in [2.45, 2.75) is 0 Å². The molecule has 3 aromatic rings. The highest BCUT2D eigenvalue weighted by molar-refractivity contribution is 9.10. The summed E-state index contributed by atoms with van der Waals surface area (Å²) in [7, 11) is 0. The predicted molar refractivity (Wildman–Crippen MR) is 99.2 cm³/mol. The summed E-state index contributed by atoms with van der Waals surface area (Å²) in [5.41, 5.74) is -0.698. The Hall–Kier alpha value is -2.45. The Bertz CT molecular complexity index is 1070. The zero-order valence-corrected chi connectivity index (χ0v) is 15.5. The number of aromatic carboxylic acids is 1. The van der Waals surface area contributed by atoms with Gasteiger partial charge in [-0.25, -0.2) is 9.59 Å². The Morgan fingerprint density at radius 2 is 1.64 bits per heavy atom. The molecule has 0 aliphatic carbocycles. The van der Waals surface area contributed by atoms with E-state index >= 15 is 0 Å². The van der Waals surface area contributed by atoms with Crippen LogP contribution >= 0.6 is 31.9 Å². The van der Waals surface area contributed by atoms with Crippen LogP contribution in [0.1, 0.15) is 20.7 Å². The van der Waals surface area contributed by atoms with Gasteiger partial charge in [0, 0.05) is 14.3 Å². The maximum atomic E-state index is 12.4. The molecule has 3 rings (SSSR count). The maximum Gasteiger partial charge on any atom is 0.349 e. The summed E-state index contributed by atoms with van der Waals surface area (Å²) in [4.78, 5) is 35.8. The minimum absolute atomic E-state index is 0.0782. The lowest BCUT2D eigenvalue weighted by molar-refractivity contribution is 0.0698. The van der Waals surface area contributed by atoms with Gasteiger partial charge in [0.15, 0.2) is 0 Å². The molecule has 2 N–H and O–H groups in total. The van der Waals surface area contributed by atoms with Crippen molar-refractivity contribution in [2.24, 2.45) is 0 Å². The van der Waals surface area contributed by atoms with E-state index in [0.29, 0.717) is 15.4 Å². The normalized spacial score (nSPS) is 10.6. The molecule has 8 heteroatoms. The first-order chi connectivity index (χ1) is 11.8. The second-order valence-electron chi connectivity index (χ2n) is 5.08. The molecule has 0 radical (unpaired) electrons. The lowest BCUT2D eigenvalue weighted by Crippen LogP contribution is -2.21. The smallest absolute Gasteiger partial charge is 0.349 e. The lowest BCUT2D eigenvalue weighted by Gasteiger charge is -2.09. The van der Waals surface area contributed by atoms with Crippen molar-refractivity contribution in [2.75, 3.05) is 5.32 Å². The van der Waals surface area contributed by atoms with Gasteiger partial charge in [0.05, 0.1) is 11.3 Å². The Labute approximate surface area is 157 Å². The van der Waals surface area contributed by atoms with Gasteiger partial charge < -0.3 is 14.8 Å². The number of nitrogens with one attached hydrogen (secondary N) is 1. The Balaban J connectivity index is 2.02. The van der Waals surface area contributed by atoms with Crippen LogP contribution in [0.25, 0.3) is 11.0 Å². The van der Waals surface area contributed by atoms with Crippen LogP contribution in [-0.4, -0.2) is 17.0 Å². The number of carbonyl (C=O) groups is 2. The molecule has 25 heavy (non-hydrogen) atoms. The first-order valence-electron chi connectivity index (χ1n) is 6.93. The van der Waals surface area contributed by atoms with Crippen LogP contribution in [0.3, 0.4) is 0 Å². The lowest BCUT2D eigenvalue weighted by atomic mass is 10.1. The summed E-state index contributed by atoms with van der Waals surface area (Å²) in [5.74, 6) is -1.95. The number of fused-ring (bicyclic) bond motifs is 1. The second-order valence-corrected chi connectivity index (χ2v) is 6.91. The highest BCUT2D eigenvalue weighted by Crippen LogP contribution is 2.23. The zero-order chi connectivity index (χ0) is 18.1. The van der Waals surface area contributed by atoms with Crippen molar-refractivity contribution >= 4 is 60.4 Å². The fourth-order valence-electron chi connectivity index (χ4n) is 2.24. The van der Waals surface area contributed by atoms with Crippen molar-refractivity contribution < 1.29 is 19.1 Å². The topological polar surface area (TPSA) is 96.6 Å². The van der Waals surface area contributed by atoms with E-state index in [1.165, 1.54) is 18.2 Å². The highest BCUT2D eigenvalue weighted by atomic mass is 79.9. The SMILES string of the molecule is O=C(O)c1cc(Br)ccc1NC(=O)c1cc2cc(Br)ccc2oc1=O. The number of benzene rings is 2. The van der Waals surface area contributed by atoms with Gasteiger partial charge in [0.1, 0.15) is 11.1 Å². The third-order valence-electron chi connectivity index (χ3n) is 3.40. The van der Waals surface area contributed by atoms with Crippen LogP contribution in [0.4, 0.5) is 5.69 Å². The molecular weight excluding hydrogens is 458 g/mol. The van der Waals surface area contributed by atoms with E-state index in [2.05, 4.69) is 37.2 Å². The van der Waals surface area contributed by atoms with E-state index in [1.54, 1.807) is 24.3 Å². The fourth-order valence-corrected chi connectivity index (χ4v) is 2.98. The molecule has 0 fully saturated rings. The van der Waals surface area contributed by atoms with Crippen LogP contribution in [0, 0.1) is 0 Å². The van der Waals surface area contributed by atoms with Gasteiger partial charge in [-0.1, -0.05) is 31.9 Å². The molecule has 0 aliphatic heterocycles. The van der Waals surface area contributed by atoms with Gasteiger partial charge in [0.2, 0.25) is 0 Å². The van der Waals surface area contributed by atoms with Crippen molar-refractivity contribution in [1.82, 2.24) is 0 Å². The van der Waals surface area contributed by atoms with Crippen LogP contribution in [0.15, 0.2) is 60.6 Å². The summed E-state index contributed by atoms with van der Waals surface area (Å²) in [6, 6.07) is 10.8. The molecule has 0 aliphatic rings. The summed E-state index contributed by atoms with van der Waals surface area (Å²) in [6.45, 7) is 0. The molecule has 0 bridgehead atoms. The van der Waals surface area contributed by atoms with Gasteiger partial charge >= 0.3 is 11.6 Å².